The maximum atomic E-state index is 8.53. The zero-order chi connectivity index (χ0) is 11.6. The minimum Gasteiger partial charge on any atom is -0.494 e. The van der Waals surface area contributed by atoms with Crippen LogP contribution in [0.1, 0.15) is 38.2 Å². The summed E-state index contributed by atoms with van der Waals surface area (Å²) in [4.78, 5) is 0. The molecular weight excluding hydrogens is 198 g/mol. The predicted octanol–water partition coefficient (Wildman–Crippen LogP) is 3.71. The van der Waals surface area contributed by atoms with Crippen LogP contribution in [0.15, 0.2) is 24.3 Å². The molecule has 2 nitrogen and oxygen atoms in total. The molecule has 0 amide bonds. The number of ether oxygens (including phenoxy) is 1. The number of hydrogen-bond donors (Lipinski definition) is 0. The van der Waals surface area contributed by atoms with E-state index in [0.29, 0.717) is 6.42 Å². The quantitative estimate of drug-likeness (QED) is 0.652. The Labute approximate surface area is 97.9 Å². The molecule has 86 valence electrons. The van der Waals surface area contributed by atoms with Crippen molar-refractivity contribution in [3.05, 3.63) is 29.8 Å². The molecule has 1 aromatic carbocycles. The average Bonchev–Trinajstić information content (AvgIpc) is 2.31. The molecule has 0 aliphatic rings. The molecule has 0 unspecified atom stereocenters. The van der Waals surface area contributed by atoms with Gasteiger partial charge in [-0.2, -0.15) is 5.26 Å². The highest BCUT2D eigenvalue weighted by Gasteiger charge is 1.95. The van der Waals surface area contributed by atoms with Gasteiger partial charge in [0, 0.05) is 0 Å². The Bertz CT molecular complexity index is 324. The van der Waals surface area contributed by atoms with Crippen molar-refractivity contribution in [2.75, 3.05) is 6.61 Å². The van der Waals surface area contributed by atoms with Gasteiger partial charge in [-0.05, 0) is 24.1 Å². The molecule has 16 heavy (non-hydrogen) atoms. The van der Waals surface area contributed by atoms with Crippen molar-refractivity contribution >= 4 is 0 Å². The number of unbranched alkanes of at least 4 members (excludes halogenated alkanes) is 3. The van der Waals surface area contributed by atoms with Crippen LogP contribution in [-0.2, 0) is 6.42 Å². The summed E-state index contributed by atoms with van der Waals surface area (Å²) in [5, 5.41) is 8.53. The number of hydrogen-bond acceptors (Lipinski definition) is 2. The SMILES string of the molecule is CCCCCCOc1ccc(CC#N)cc1. The van der Waals surface area contributed by atoms with Crippen molar-refractivity contribution in [2.24, 2.45) is 0 Å². The lowest BCUT2D eigenvalue weighted by Crippen LogP contribution is -1.97. The molecule has 0 saturated carbocycles. The van der Waals surface area contributed by atoms with Crippen LogP contribution in [0, 0.1) is 11.3 Å². The molecule has 0 aliphatic carbocycles. The second-order valence-electron chi connectivity index (χ2n) is 3.89. The molecule has 0 aromatic heterocycles. The Hall–Kier alpha value is -1.49. The van der Waals surface area contributed by atoms with Gasteiger partial charge in [-0.25, -0.2) is 0 Å². The van der Waals surface area contributed by atoms with Gasteiger partial charge in [0.1, 0.15) is 5.75 Å². The number of nitrogens with zero attached hydrogens (tertiary/aromatic N) is 1. The fourth-order valence-corrected chi connectivity index (χ4v) is 1.51. The van der Waals surface area contributed by atoms with Gasteiger partial charge in [-0.3, -0.25) is 0 Å². The average molecular weight is 217 g/mol. The highest BCUT2D eigenvalue weighted by molar-refractivity contribution is 5.28. The molecule has 0 saturated heterocycles. The Morgan fingerprint density at radius 3 is 2.50 bits per heavy atom. The zero-order valence-corrected chi connectivity index (χ0v) is 9.91. The van der Waals surface area contributed by atoms with Gasteiger partial charge in [0.05, 0.1) is 19.1 Å². The highest BCUT2D eigenvalue weighted by atomic mass is 16.5. The Morgan fingerprint density at radius 1 is 1.12 bits per heavy atom. The van der Waals surface area contributed by atoms with Crippen LogP contribution in [0.25, 0.3) is 0 Å². The molecule has 1 rings (SSSR count). The summed E-state index contributed by atoms with van der Waals surface area (Å²) in [7, 11) is 0. The van der Waals surface area contributed by atoms with Gasteiger partial charge in [0.15, 0.2) is 0 Å². The molecule has 0 aliphatic heterocycles. The summed E-state index contributed by atoms with van der Waals surface area (Å²) >= 11 is 0. The van der Waals surface area contributed by atoms with Gasteiger partial charge < -0.3 is 4.74 Å². The van der Waals surface area contributed by atoms with E-state index in [-0.39, 0.29) is 0 Å². The van der Waals surface area contributed by atoms with E-state index in [0.717, 1.165) is 24.3 Å². The van der Waals surface area contributed by atoms with E-state index >= 15 is 0 Å². The van der Waals surface area contributed by atoms with Crippen LogP contribution >= 0.6 is 0 Å². The fraction of sp³-hybridized carbons (Fsp3) is 0.500. The number of rotatable bonds is 7. The standard InChI is InChI=1S/C14H19NO/c1-2-3-4-5-12-16-14-8-6-13(7-9-14)10-11-15/h6-9H,2-5,10,12H2,1H3. The first-order valence-electron chi connectivity index (χ1n) is 5.95. The maximum absolute atomic E-state index is 8.53. The Morgan fingerprint density at radius 2 is 1.88 bits per heavy atom. The third kappa shape index (κ3) is 4.84. The van der Waals surface area contributed by atoms with E-state index in [9.17, 15) is 0 Å². The summed E-state index contributed by atoms with van der Waals surface area (Å²) in [6, 6.07) is 9.90. The smallest absolute Gasteiger partial charge is 0.119 e. The summed E-state index contributed by atoms with van der Waals surface area (Å²) in [5.74, 6) is 0.901. The first-order valence-corrected chi connectivity index (χ1v) is 5.95. The third-order valence-electron chi connectivity index (χ3n) is 2.47. The van der Waals surface area contributed by atoms with E-state index in [1.54, 1.807) is 0 Å². The van der Waals surface area contributed by atoms with Gasteiger partial charge in [0.2, 0.25) is 0 Å². The van der Waals surface area contributed by atoms with Crippen LogP contribution in [0.4, 0.5) is 0 Å². The van der Waals surface area contributed by atoms with Gasteiger partial charge in [-0.15, -0.1) is 0 Å². The summed E-state index contributed by atoms with van der Waals surface area (Å²) in [5.41, 5.74) is 1.04. The first-order chi connectivity index (χ1) is 7.86. The molecule has 0 heterocycles. The van der Waals surface area contributed by atoms with Crippen LogP contribution in [-0.4, -0.2) is 6.61 Å². The minimum absolute atomic E-state index is 0.469. The van der Waals surface area contributed by atoms with E-state index in [1.807, 2.05) is 24.3 Å². The van der Waals surface area contributed by atoms with E-state index < -0.39 is 0 Å². The second-order valence-corrected chi connectivity index (χ2v) is 3.89. The number of nitriles is 1. The maximum Gasteiger partial charge on any atom is 0.119 e. The topological polar surface area (TPSA) is 33.0 Å². The lowest BCUT2D eigenvalue weighted by atomic mass is 10.2. The van der Waals surface area contributed by atoms with Gasteiger partial charge >= 0.3 is 0 Å². The van der Waals surface area contributed by atoms with Crippen molar-refractivity contribution in [3.8, 4) is 11.8 Å². The van der Waals surface area contributed by atoms with Crippen LogP contribution in [0.5, 0.6) is 5.75 Å². The predicted molar refractivity (Wildman–Crippen MR) is 65.4 cm³/mol. The summed E-state index contributed by atoms with van der Waals surface area (Å²) in [6.07, 6.45) is 5.36. The van der Waals surface area contributed by atoms with Crippen LogP contribution in [0.2, 0.25) is 0 Å². The first kappa shape index (κ1) is 12.6. The van der Waals surface area contributed by atoms with Crippen molar-refractivity contribution < 1.29 is 4.74 Å². The molecule has 0 N–H and O–H groups in total. The Kier molecular flexibility index (Phi) is 6.10. The zero-order valence-electron chi connectivity index (χ0n) is 9.91. The van der Waals surface area contributed by atoms with E-state index in [4.69, 9.17) is 10.00 Å². The minimum atomic E-state index is 0.469. The van der Waals surface area contributed by atoms with Crippen molar-refractivity contribution in [1.29, 1.82) is 5.26 Å². The molecule has 0 atom stereocenters. The largest absolute Gasteiger partial charge is 0.494 e. The molecular formula is C14H19NO. The second kappa shape index (κ2) is 7.76. The molecule has 2 heteroatoms. The summed E-state index contributed by atoms with van der Waals surface area (Å²) in [6.45, 7) is 2.99. The molecule has 1 aromatic rings. The molecule has 0 radical (unpaired) electrons. The lowest BCUT2D eigenvalue weighted by Gasteiger charge is -2.06. The van der Waals surface area contributed by atoms with E-state index in [1.165, 1.54) is 19.3 Å². The fourth-order valence-electron chi connectivity index (χ4n) is 1.51. The third-order valence-corrected chi connectivity index (χ3v) is 2.47. The normalized spacial score (nSPS) is 9.75. The van der Waals surface area contributed by atoms with Crippen molar-refractivity contribution in [1.82, 2.24) is 0 Å². The molecule has 0 fully saturated rings. The van der Waals surface area contributed by atoms with Crippen molar-refractivity contribution in [2.45, 2.75) is 39.0 Å². The van der Waals surface area contributed by atoms with Gasteiger partial charge in [-0.1, -0.05) is 38.3 Å². The lowest BCUT2D eigenvalue weighted by molar-refractivity contribution is 0.305. The van der Waals surface area contributed by atoms with Crippen LogP contribution in [0.3, 0.4) is 0 Å². The highest BCUT2D eigenvalue weighted by Crippen LogP contribution is 2.13. The van der Waals surface area contributed by atoms with Crippen LogP contribution < -0.4 is 4.74 Å². The molecule has 0 spiro atoms. The molecule has 0 bridgehead atoms. The van der Waals surface area contributed by atoms with E-state index in [2.05, 4.69) is 13.0 Å². The number of benzene rings is 1. The summed E-state index contributed by atoms with van der Waals surface area (Å²) < 4.78 is 5.60. The monoisotopic (exact) mass is 217 g/mol. The Balaban J connectivity index is 2.24. The van der Waals surface area contributed by atoms with Crippen molar-refractivity contribution in [3.63, 3.8) is 0 Å². The van der Waals surface area contributed by atoms with Gasteiger partial charge in [0.25, 0.3) is 0 Å².